The second kappa shape index (κ2) is 45.8. The van der Waals surface area contributed by atoms with Crippen LogP contribution in [0.2, 0.25) is 0 Å². The Hall–Kier alpha value is -10.4. The number of benzene rings is 8. The Bertz CT molecular complexity index is 3360. The number of nitrogens with zero attached hydrogens (tertiary/aromatic N) is 8. The van der Waals surface area contributed by atoms with Gasteiger partial charge >= 0.3 is 34.1 Å². The van der Waals surface area contributed by atoms with Gasteiger partial charge in [-0.1, -0.05) is 243 Å². The molecule has 0 aliphatic rings. The molecule has 8 aromatic carbocycles. The molecule has 0 bridgehead atoms. The van der Waals surface area contributed by atoms with Crippen LogP contribution in [0.25, 0.3) is 90.1 Å². The van der Waals surface area contributed by atoms with Gasteiger partial charge in [0.1, 0.15) is 0 Å². The number of nitrogens with one attached hydrogen (secondary N) is 8. The summed E-state index contributed by atoms with van der Waals surface area (Å²) in [6.45, 7) is 0. The summed E-state index contributed by atoms with van der Waals surface area (Å²) in [7, 11) is 0. The van der Waals surface area contributed by atoms with Crippen LogP contribution < -0.4 is 49.6 Å². The van der Waals surface area contributed by atoms with Crippen molar-refractivity contribution in [1.82, 2.24) is 81.6 Å². The Balaban J connectivity index is 0.000000278. The fourth-order valence-electron chi connectivity index (χ4n) is 8.27. The van der Waals surface area contributed by atoms with Crippen LogP contribution in [-0.2, 0) is 34.1 Å². The molecule has 8 N–H and O–H groups in total. The van der Waals surface area contributed by atoms with Crippen molar-refractivity contribution in [2.24, 2.45) is 0 Å². The summed E-state index contributed by atoms with van der Waals surface area (Å²) in [5.41, 5.74) is 17.9. The van der Waals surface area contributed by atoms with Crippen LogP contribution in [0.5, 0.6) is 0 Å². The smallest absolute Gasteiger partial charge is 1.00 e. The number of hydrogen-bond donors (Lipinski definition) is 8. The summed E-state index contributed by atoms with van der Waals surface area (Å²) < 4.78 is 0. The molecule has 2 radical (unpaired) electrons. The second-order valence-corrected chi connectivity index (χ2v) is 18.7. The summed E-state index contributed by atoms with van der Waals surface area (Å²) in [6.07, 6.45) is 14.0. The third kappa shape index (κ3) is 26.5. The number of aromatic amines is 8. The maximum Gasteiger partial charge on any atom is 2.00 e. The average molecular weight is 1420 g/mol. The minimum absolute atomic E-state index is 0. The summed E-state index contributed by atoms with van der Waals surface area (Å²) in [6, 6.07) is 96.6. The van der Waals surface area contributed by atoms with Gasteiger partial charge in [0.05, 0.1) is 45.6 Å². The zero-order valence-electron chi connectivity index (χ0n) is 50.0. The second-order valence-electron chi connectivity index (χ2n) is 18.7. The third-order valence-corrected chi connectivity index (χ3v) is 12.7. The minimum atomic E-state index is 0. The van der Waals surface area contributed by atoms with Crippen LogP contribution in [0.4, 0.5) is 0 Å². The molecule has 16 nitrogen and oxygen atoms in total. The zero-order chi connectivity index (χ0) is 60.1. The number of aromatic nitrogens is 16. The van der Waals surface area contributed by atoms with E-state index < -0.39 is 0 Å². The average Bonchev–Trinajstić information content (AvgIpc) is 3.66. The SMILES string of the molecule is [Cl-].[Cl-].[Cl-].[Cl-].[Cu+2].[Cu+2].c1ccc(-c2ccn[nH]2)cc1.c1ccc(-c2ccn[nH]2)cc1.c1ccc(-c2ccn[nH]2)cc1.c1ccc(-c2ccn[nH]2)cc1.c1ccc(-c2ccn[nH]2)cc1.c1ccc(-c2ccn[nH]2)cc1.c1ccc(-c2ccn[nH]2)cc1.c1ccc(-c2ccn[nH]2)cc1. The van der Waals surface area contributed by atoms with E-state index >= 15 is 0 Å². The molecule has 0 atom stereocenters. The first-order valence-corrected chi connectivity index (χ1v) is 28.1. The predicted octanol–water partition coefficient (Wildman–Crippen LogP) is 4.62. The Kier molecular flexibility index (Phi) is 38.0. The topological polar surface area (TPSA) is 229 Å². The van der Waals surface area contributed by atoms with Gasteiger partial charge in [0.15, 0.2) is 0 Å². The summed E-state index contributed by atoms with van der Waals surface area (Å²) in [5, 5.41) is 54.2. The van der Waals surface area contributed by atoms with Crippen molar-refractivity contribution >= 4 is 0 Å². The van der Waals surface area contributed by atoms with Crippen molar-refractivity contribution < 1.29 is 83.8 Å². The van der Waals surface area contributed by atoms with E-state index in [-0.39, 0.29) is 83.8 Å². The monoisotopic (exact) mass is 1420 g/mol. The van der Waals surface area contributed by atoms with E-state index in [1.165, 1.54) is 44.5 Å². The van der Waals surface area contributed by atoms with E-state index in [1.54, 1.807) is 49.6 Å². The van der Waals surface area contributed by atoms with Gasteiger partial charge in [0.2, 0.25) is 0 Å². The van der Waals surface area contributed by atoms with Crippen molar-refractivity contribution in [3.63, 3.8) is 0 Å². The van der Waals surface area contributed by atoms with E-state index in [0.29, 0.717) is 0 Å². The van der Waals surface area contributed by atoms with Crippen molar-refractivity contribution in [1.29, 1.82) is 0 Å². The van der Waals surface area contributed by atoms with Crippen molar-refractivity contribution in [3.05, 3.63) is 341 Å². The molecule has 8 heterocycles. The maximum absolute atomic E-state index is 3.87. The Morgan fingerprint density at radius 1 is 0.138 bits per heavy atom. The van der Waals surface area contributed by atoms with Crippen molar-refractivity contribution in [2.75, 3.05) is 0 Å². The zero-order valence-corrected chi connectivity index (χ0v) is 54.9. The van der Waals surface area contributed by atoms with Crippen molar-refractivity contribution in [2.45, 2.75) is 0 Å². The molecule has 0 aliphatic heterocycles. The molecule has 8 aromatic heterocycles. The predicted molar refractivity (Wildman–Crippen MR) is 352 cm³/mol. The molecule has 0 saturated heterocycles. The Labute approximate surface area is 591 Å². The van der Waals surface area contributed by atoms with Gasteiger partial charge in [0.25, 0.3) is 0 Å². The first-order valence-electron chi connectivity index (χ1n) is 28.1. The van der Waals surface area contributed by atoms with E-state index in [9.17, 15) is 0 Å². The fraction of sp³-hybridized carbons (Fsp3) is 0. The van der Waals surface area contributed by atoms with Gasteiger partial charge in [-0.15, -0.1) is 0 Å². The largest absolute Gasteiger partial charge is 2.00 e. The van der Waals surface area contributed by atoms with Crippen LogP contribution in [0.15, 0.2) is 341 Å². The van der Waals surface area contributed by atoms with Gasteiger partial charge in [-0.05, 0) is 93.0 Å². The standard InChI is InChI=1S/8C9H8N2.4ClH.2Cu/c8*1-2-4-8(5-3-1)9-6-7-10-11-9;;;;;;/h8*1-7H,(H,10,11);4*1H;;/q;;;;;;;;;;;;2*+2/p-4. The van der Waals surface area contributed by atoms with Gasteiger partial charge in [-0.2, -0.15) is 40.8 Å². The van der Waals surface area contributed by atoms with E-state index in [1.807, 2.05) is 291 Å². The molecule has 22 heteroatoms. The molecular formula is C72H64Cl4Cu2N16. The van der Waals surface area contributed by atoms with Gasteiger partial charge in [-0.25, -0.2) is 0 Å². The Morgan fingerprint density at radius 3 is 0.309 bits per heavy atom. The van der Waals surface area contributed by atoms with Crippen LogP contribution >= 0.6 is 0 Å². The molecule has 0 amide bonds. The van der Waals surface area contributed by atoms with Crippen LogP contribution in [0, 0.1) is 0 Å². The molecule has 0 aliphatic carbocycles. The van der Waals surface area contributed by atoms with E-state index in [4.69, 9.17) is 0 Å². The fourth-order valence-corrected chi connectivity index (χ4v) is 8.27. The maximum atomic E-state index is 3.87. The molecule has 94 heavy (non-hydrogen) atoms. The number of H-pyrrole nitrogens is 8. The van der Waals surface area contributed by atoms with Crippen molar-refractivity contribution in [3.8, 4) is 90.1 Å². The Morgan fingerprint density at radius 2 is 0.234 bits per heavy atom. The summed E-state index contributed by atoms with van der Waals surface area (Å²) in [4.78, 5) is 0. The molecule has 16 rings (SSSR count). The molecule has 0 unspecified atom stereocenters. The molecule has 0 spiro atoms. The number of halogens is 4. The van der Waals surface area contributed by atoms with E-state index in [0.717, 1.165) is 45.6 Å². The van der Waals surface area contributed by atoms with Gasteiger partial charge in [-0.3, -0.25) is 40.8 Å². The van der Waals surface area contributed by atoms with Crippen LogP contribution in [0.3, 0.4) is 0 Å². The quantitative estimate of drug-likeness (QED) is 0.0999. The minimum Gasteiger partial charge on any atom is -1.00 e. The molecule has 0 saturated carbocycles. The number of rotatable bonds is 8. The van der Waals surface area contributed by atoms with Gasteiger partial charge in [0, 0.05) is 49.6 Å². The normalized spacial score (nSPS) is 9.19. The number of hydrogen-bond acceptors (Lipinski definition) is 8. The summed E-state index contributed by atoms with van der Waals surface area (Å²) >= 11 is 0. The first-order chi connectivity index (χ1) is 43.7. The molecule has 482 valence electrons. The molecular weight excluding hydrogens is 1360 g/mol. The molecule has 0 fully saturated rings. The summed E-state index contributed by atoms with van der Waals surface area (Å²) in [5.74, 6) is 0. The van der Waals surface area contributed by atoms with E-state index in [2.05, 4.69) is 81.6 Å². The molecule has 16 aromatic rings. The first kappa shape index (κ1) is 77.9. The van der Waals surface area contributed by atoms with Gasteiger partial charge < -0.3 is 49.6 Å². The van der Waals surface area contributed by atoms with Crippen LogP contribution in [0.1, 0.15) is 0 Å². The third-order valence-electron chi connectivity index (χ3n) is 12.7. The van der Waals surface area contributed by atoms with Crippen LogP contribution in [-0.4, -0.2) is 81.6 Å².